The van der Waals surface area contributed by atoms with E-state index >= 15 is 0 Å². The van der Waals surface area contributed by atoms with Crippen LogP contribution in [0.4, 0.5) is 0 Å². The summed E-state index contributed by atoms with van der Waals surface area (Å²) < 4.78 is 4.84. The monoisotopic (exact) mass is 320 g/mol. The van der Waals surface area contributed by atoms with Crippen LogP contribution in [-0.2, 0) is 9.59 Å². The van der Waals surface area contributed by atoms with Crippen molar-refractivity contribution < 1.29 is 23.9 Å². The first-order valence-electron chi connectivity index (χ1n) is 7.82. The Balaban J connectivity index is 1.61. The molecular weight excluding hydrogens is 300 g/mol. The number of nitrogens with zero attached hydrogens (tertiary/aromatic N) is 1. The summed E-state index contributed by atoms with van der Waals surface area (Å²) in [5.74, 6) is -1.50. The average molecular weight is 320 g/mol. The second-order valence-electron chi connectivity index (χ2n) is 6.40. The first-order valence-corrected chi connectivity index (χ1v) is 7.82. The molecule has 2 N–H and O–H groups in total. The third-order valence-corrected chi connectivity index (χ3v) is 4.72. The number of hydrogen-bond donors (Lipinski definition) is 2. The molecule has 23 heavy (non-hydrogen) atoms. The van der Waals surface area contributed by atoms with Gasteiger partial charge in [-0.3, -0.25) is 14.4 Å². The summed E-state index contributed by atoms with van der Waals surface area (Å²) in [5, 5.41) is 12.0. The molecule has 1 unspecified atom stereocenters. The van der Waals surface area contributed by atoms with Gasteiger partial charge < -0.3 is 19.7 Å². The zero-order chi connectivity index (χ0) is 16.6. The van der Waals surface area contributed by atoms with Crippen LogP contribution in [0, 0.1) is 17.8 Å². The Morgan fingerprint density at radius 3 is 2.65 bits per heavy atom. The van der Waals surface area contributed by atoms with Crippen molar-refractivity contribution in [3.63, 3.8) is 0 Å². The minimum Gasteiger partial charge on any atom is -0.481 e. The Hall–Kier alpha value is -2.31. The van der Waals surface area contributed by atoms with Gasteiger partial charge in [-0.15, -0.1) is 0 Å². The standard InChI is InChI=1S/C16H20N2O5/c1-9(17-14(19)11-4-5-23-8-11)15(20)18-6-12(10-2-3-10)13(7-18)16(21)22/h4-5,8-10,12-13H,2-3,6-7H2,1H3,(H,17,19)(H,21,22)/t9?,12-,13+/m1/s1. The quantitative estimate of drug-likeness (QED) is 0.842. The van der Waals surface area contributed by atoms with Crippen LogP contribution in [0.3, 0.4) is 0 Å². The van der Waals surface area contributed by atoms with E-state index in [1.807, 2.05) is 0 Å². The van der Waals surface area contributed by atoms with Crippen LogP contribution < -0.4 is 5.32 Å². The highest BCUT2D eigenvalue weighted by molar-refractivity contribution is 5.97. The lowest BCUT2D eigenvalue weighted by Crippen LogP contribution is -2.46. The summed E-state index contributed by atoms with van der Waals surface area (Å²) in [5.41, 5.74) is 0.352. The Bertz CT molecular complexity index is 608. The lowest BCUT2D eigenvalue weighted by Gasteiger charge is -2.21. The molecule has 2 heterocycles. The van der Waals surface area contributed by atoms with Crippen molar-refractivity contribution in [2.24, 2.45) is 17.8 Å². The Morgan fingerprint density at radius 2 is 2.09 bits per heavy atom. The molecule has 1 aromatic heterocycles. The fraction of sp³-hybridized carbons (Fsp3) is 0.562. The molecule has 1 aliphatic heterocycles. The van der Waals surface area contributed by atoms with E-state index in [0.717, 1.165) is 12.8 Å². The third-order valence-electron chi connectivity index (χ3n) is 4.72. The lowest BCUT2D eigenvalue weighted by molar-refractivity contribution is -0.142. The highest BCUT2D eigenvalue weighted by Crippen LogP contribution is 2.44. The fourth-order valence-electron chi connectivity index (χ4n) is 3.28. The normalized spacial score (nSPS) is 25.2. The number of carboxylic acids is 1. The van der Waals surface area contributed by atoms with Crippen LogP contribution in [0.25, 0.3) is 0 Å². The molecule has 1 saturated heterocycles. The molecule has 7 heteroatoms. The predicted octanol–water partition coefficient (Wildman–Crippen LogP) is 0.967. The zero-order valence-electron chi connectivity index (χ0n) is 12.9. The molecule has 1 saturated carbocycles. The average Bonchev–Trinajstić information content (AvgIpc) is 3.05. The number of aliphatic carboxylic acids is 1. The van der Waals surface area contributed by atoms with Gasteiger partial charge in [0.25, 0.3) is 5.91 Å². The number of hydrogen-bond acceptors (Lipinski definition) is 4. The van der Waals surface area contributed by atoms with Gasteiger partial charge in [-0.25, -0.2) is 0 Å². The van der Waals surface area contributed by atoms with Crippen molar-refractivity contribution in [2.75, 3.05) is 13.1 Å². The van der Waals surface area contributed by atoms with Crippen molar-refractivity contribution in [1.82, 2.24) is 10.2 Å². The number of amides is 2. The van der Waals surface area contributed by atoms with Crippen molar-refractivity contribution in [3.8, 4) is 0 Å². The van der Waals surface area contributed by atoms with Gasteiger partial charge >= 0.3 is 5.97 Å². The number of carbonyl (C=O) groups is 3. The minimum absolute atomic E-state index is 0.0354. The summed E-state index contributed by atoms with van der Waals surface area (Å²) in [6, 6.07) is 0.816. The molecule has 2 amide bonds. The van der Waals surface area contributed by atoms with E-state index in [4.69, 9.17) is 4.42 Å². The molecule has 1 aromatic rings. The molecule has 124 valence electrons. The van der Waals surface area contributed by atoms with Crippen LogP contribution in [0.1, 0.15) is 30.1 Å². The molecule has 2 fully saturated rings. The fourth-order valence-corrected chi connectivity index (χ4v) is 3.28. The van der Waals surface area contributed by atoms with E-state index in [0.29, 0.717) is 18.0 Å². The maximum atomic E-state index is 12.5. The summed E-state index contributed by atoms with van der Waals surface area (Å²) in [7, 11) is 0. The van der Waals surface area contributed by atoms with Gasteiger partial charge in [0.1, 0.15) is 12.3 Å². The largest absolute Gasteiger partial charge is 0.481 e. The number of nitrogens with one attached hydrogen (secondary N) is 1. The summed E-state index contributed by atoms with van der Waals surface area (Å²) >= 11 is 0. The molecule has 0 aromatic carbocycles. The Labute approximate surface area is 133 Å². The maximum absolute atomic E-state index is 12.5. The number of rotatable bonds is 5. The van der Waals surface area contributed by atoms with Crippen molar-refractivity contribution in [1.29, 1.82) is 0 Å². The number of carboxylic acid groups (broad SMARTS) is 1. The van der Waals surface area contributed by atoms with Gasteiger partial charge in [-0.2, -0.15) is 0 Å². The highest BCUT2D eigenvalue weighted by atomic mass is 16.4. The topological polar surface area (TPSA) is 99.9 Å². The Morgan fingerprint density at radius 1 is 1.35 bits per heavy atom. The molecule has 3 rings (SSSR count). The van der Waals surface area contributed by atoms with E-state index in [1.165, 1.54) is 18.6 Å². The zero-order valence-corrected chi connectivity index (χ0v) is 12.9. The predicted molar refractivity (Wildman–Crippen MR) is 79.6 cm³/mol. The molecule has 2 aliphatic rings. The molecular formula is C16H20N2O5. The van der Waals surface area contributed by atoms with E-state index in [-0.39, 0.29) is 24.3 Å². The van der Waals surface area contributed by atoms with Gasteiger partial charge in [0, 0.05) is 13.1 Å². The van der Waals surface area contributed by atoms with E-state index in [9.17, 15) is 19.5 Å². The van der Waals surface area contributed by atoms with Crippen molar-refractivity contribution >= 4 is 17.8 Å². The first-order chi connectivity index (χ1) is 11.0. The van der Waals surface area contributed by atoms with E-state index in [2.05, 4.69) is 5.32 Å². The highest BCUT2D eigenvalue weighted by Gasteiger charge is 2.47. The van der Waals surface area contributed by atoms with Gasteiger partial charge in [0.2, 0.25) is 5.91 Å². The third kappa shape index (κ3) is 3.23. The van der Waals surface area contributed by atoms with Crippen LogP contribution in [0.5, 0.6) is 0 Å². The minimum atomic E-state index is -0.840. The van der Waals surface area contributed by atoms with E-state index < -0.39 is 17.9 Å². The van der Waals surface area contributed by atoms with Crippen molar-refractivity contribution in [3.05, 3.63) is 24.2 Å². The van der Waals surface area contributed by atoms with Gasteiger partial charge in [-0.1, -0.05) is 0 Å². The second kappa shape index (κ2) is 6.06. The van der Waals surface area contributed by atoms with Gasteiger partial charge in [-0.05, 0) is 37.7 Å². The van der Waals surface area contributed by atoms with Crippen LogP contribution in [0.2, 0.25) is 0 Å². The molecule has 0 spiro atoms. The molecule has 7 nitrogen and oxygen atoms in total. The van der Waals surface area contributed by atoms with Crippen LogP contribution >= 0.6 is 0 Å². The van der Waals surface area contributed by atoms with Gasteiger partial charge in [0.05, 0.1) is 17.7 Å². The molecule has 0 radical (unpaired) electrons. The smallest absolute Gasteiger partial charge is 0.308 e. The van der Waals surface area contributed by atoms with Crippen LogP contribution in [0.15, 0.2) is 23.0 Å². The Kier molecular flexibility index (Phi) is 4.11. The van der Waals surface area contributed by atoms with Crippen LogP contribution in [-0.4, -0.2) is 46.9 Å². The second-order valence-corrected chi connectivity index (χ2v) is 6.40. The number of likely N-dealkylation sites (tertiary alicyclic amines) is 1. The maximum Gasteiger partial charge on any atom is 0.308 e. The summed E-state index contributed by atoms with van der Waals surface area (Å²) in [6.07, 6.45) is 4.79. The lowest BCUT2D eigenvalue weighted by atomic mass is 9.92. The number of carbonyl (C=O) groups excluding carboxylic acids is 2. The SMILES string of the molecule is CC(NC(=O)c1ccoc1)C(=O)N1C[C@H](C(=O)O)[C@@H](C2CC2)C1. The van der Waals surface area contributed by atoms with Crippen molar-refractivity contribution in [2.45, 2.75) is 25.8 Å². The number of furan rings is 1. The summed E-state index contributed by atoms with van der Waals surface area (Å²) in [6.45, 7) is 2.30. The first kappa shape index (κ1) is 15.6. The van der Waals surface area contributed by atoms with E-state index in [1.54, 1.807) is 11.8 Å². The summed E-state index contributed by atoms with van der Waals surface area (Å²) in [4.78, 5) is 37.4. The molecule has 0 bridgehead atoms. The molecule has 1 aliphatic carbocycles. The molecule has 3 atom stereocenters. The van der Waals surface area contributed by atoms with Gasteiger partial charge in [0.15, 0.2) is 0 Å².